The minimum absolute atomic E-state index is 0.201. The number of aliphatic imine (C=N–C) groups is 1. The van der Waals surface area contributed by atoms with Crippen molar-refractivity contribution in [2.24, 2.45) is 4.99 Å². The molecule has 0 unspecified atom stereocenters. The number of hydrogen-bond acceptors (Lipinski definition) is 3. The highest BCUT2D eigenvalue weighted by Gasteiger charge is 2.24. The average Bonchev–Trinajstić information content (AvgIpc) is 2.51. The molecule has 0 amide bonds. The zero-order chi connectivity index (χ0) is 9.42. The monoisotopic (exact) mass is 240 g/mol. The number of nitrogens with zero attached hydrogens (tertiary/aromatic N) is 2. The van der Waals surface area contributed by atoms with Crippen molar-refractivity contribution in [1.29, 1.82) is 0 Å². The fraction of sp³-hybridized carbons (Fsp3) is 0.125. The number of halogens is 1. The molecular formula is C8H5BrN2O2. The number of nitro groups is 1. The summed E-state index contributed by atoms with van der Waals surface area (Å²) in [6.45, 7) is 0. The third kappa shape index (κ3) is 1.35. The maximum Gasteiger partial charge on any atom is 0.251 e. The molecule has 0 N–H and O–H groups in total. The lowest BCUT2D eigenvalue weighted by Crippen LogP contribution is -2.04. The van der Waals surface area contributed by atoms with Gasteiger partial charge in [0, 0.05) is 16.8 Å². The minimum Gasteiger partial charge on any atom is -0.259 e. The van der Waals surface area contributed by atoms with Gasteiger partial charge in [-0.2, -0.15) is 0 Å². The van der Waals surface area contributed by atoms with Crippen molar-refractivity contribution in [3.63, 3.8) is 0 Å². The van der Waals surface area contributed by atoms with Crippen LogP contribution in [0.2, 0.25) is 0 Å². The summed E-state index contributed by atoms with van der Waals surface area (Å²) in [7, 11) is 0. The molecule has 13 heavy (non-hydrogen) atoms. The maximum absolute atomic E-state index is 10.5. The molecule has 2 rings (SSSR count). The van der Waals surface area contributed by atoms with Crippen LogP contribution in [0.25, 0.3) is 0 Å². The van der Waals surface area contributed by atoms with Gasteiger partial charge in [-0.1, -0.05) is 0 Å². The Morgan fingerprint density at radius 3 is 3.08 bits per heavy atom. The molecule has 0 radical (unpaired) electrons. The van der Waals surface area contributed by atoms with Gasteiger partial charge in [0.15, 0.2) is 0 Å². The molecule has 0 aromatic carbocycles. The van der Waals surface area contributed by atoms with Crippen LogP contribution in [0.3, 0.4) is 0 Å². The first-order valence-electron chi connectivity index (χ1n) is 3.67. The standard InChI is InChI=1S/C8H5BrN2O2/c9-7-4-6(11(12)13)3-5-1-2-10-8(5)7/h1-2,4H,3H2. The molecule has 1 heterocycles. The molecule has 0 saturated carbocycles. The molecule has 0 atom stereocenters. The van der Waals surface area contributed by atoms with Gasteiger partial charge in [-0.05, 0) is 27.6 Å². The molecular weight excluding hydrogens is 236 g/mol. The minimum atomic E-state index is -0.364. The van der Waals surface area contributed by atoms with Crippen LogP contribution in [-0.2, 0) is 0 Å². The molecule has 1 aliphatic heterocycles. The molecule has 0 spiro atoms. The van der Waals surface area contributed by atoms with Crippen molar-refractivity contribution in [3.05, 3.63) is 43.7 Å². The summed E-state index contributed by atoms with van der Waals surface area (Å²) in [6, 6.07) is 0. The van der Waals surface area contributed by atoms with Gasteiger partial charge < -0.3 is 0 Å². The van der Waals surface area contributed by atoms with Crippen LogP contribution >= 0.6 is 15.9 Å². The smallest absolute Gasteiger partial charge is 0.251 e. The highest BCUT2D eigenvalue weighted by atomic mass is 79.9. The van der Waals surface area contributed by atoms with Crippen LogP contribution < -0.4 is 0 Å². The summed E-state index contributed by atoms with van der Waals surface area (Å²) in [5.41, 5.74) is 1.92. The van der Waals surface area contributed by atoms with Crippen molar-refractivity contribution in [2.45, 2.75) is 6.42 Å². The Hall–Kier alpha value is -1.23. The third-order valence-electron chi connectivity index (χ3n) is 1.91. The molecule has 0 aromatic rings. The molecule has 66 valence electrons. The van der Waals surface area contributed by atoms with E-state index in [9.17, 15) is 10.1 Å². The van der Waals surface area contributed by atoms with E-state index in [0.717, 1.165) is 11.3 Å². The Morgan fingerprint density at radius 2 is 2.38 bits per heavy atom. The van der Waals surface area contributed by atoms with Crippen LogP contribution in [0.1, 0.15) is 6.42 Å². The van der Waals surface area contributed by atoms with E-state index in [1.165, 1.54) is 6.08 Å². The zero-order valence-electron chi connectivity index (χ0n) is 6.53. The van der Waals surface area contributed by atoms with Crippen LogP contribution in [0.5, 0.6) is 0 Å². The van der Waals surface area contributed by atoms with Gasteiger partial charge in [-0.15, -0.1) is 0 Å². The Balaban J connectivity index is 2.45. The fourth-order valence-corrected chi connectivity index (χ4v) is 1.92. The topological polar surface area (TPSA) is 55.5 Å². The molecule has 0 fully saturated rings. The van der Waals surface area contributed by atoms with Crippen LogP contribution in [-0.4, -0.2) is 11.1 Å². The van der Waals surface area contributed by atoms with E-state index in [2.05, 4.69) is 20.9 Å². The lowest BCUT2D eigenvalue weighted by molar-refractivity contribution is -0.427. The van der Waals surface area contributed by atoms with E-state index in [-0.39, 0.29) is 10.6 Å². The van der Waals surface area contributed by atoms with Crippen LogP contribution in [0.4, 0.5) is 0 Å². The lowest BCUT2D eigenvalue weighted by Gasteiger charge is -2.09. The normalized spacial score (nSPS) is 19.8. The highest BCUT2D eigenvalue weighted by Crippen LogP contribution is 2.34. The Kier molecular flexibility index (Phi) is 1.88. The van der Waals surface area contributed by atoms with Crippen molar-refractivity contribution < 1.29 is 4.92 Å². The summed E-state index contributed by atoms with van der Waals surface area (Å²) >= 11 is 3.25. The van der Waals surface area contributed by atoms with E-state index in [1.54, 1.807) is 12.3 Å². The molecule has 1 aliphatic carbocycles. The van der Waals surface area contributed by atoms with Gasteiger partial charge in [0.1, 0.15) is 0 Å². The Labute approximate surface area is 82.6 Å². The van der Waals surface area contributed by atoms with Crippen molar-refractivity contribution in [2.75, 3.05) is 0 Å². The summed E-state index contributed by atoms with van der Waals surface area (Å²) in [6.07, 6.45) is 5.32. The largest absolute Gasteiger partial charge is 0.259 e. The molecule has 0 saturated heterocycles. The number of rotatable bonds is 1. The SMILES string of the molecule is O=[N+]([O-])C1=CC(Br)=C2N=CC=C2C1. The van der Waals surface area contributed by atoms with Gasteiger partial charge >= 0.3 is 0 Å². The molecule has 5 heteroatoms. The predicted octanol–water partition coefficient (Wildman–Crippen LogP) is 2.17. The van der Waals surface area contributed by atoms with E-state index in [1.807, 2.05) is 0 Å². The first-order chi connectivity index (χ1) is 6.18. The zero-order valence-corrected chi connectivity index (χ0v) is 8.11. The molecule has 4 nitrogen and oxygen atoms in total. The number of fused-ring (bicyclic) bond motifs is 1. The second-order valence-electron chi connectivity index (χ2n) is 2.74. The van der Waals surface area contributed by atoms with Crippen molar-refractivity contribution >= 4 is 22.1 Å². The summed E-state index contributed by atoms with van der Waals surface area (Å²) in [5.74, 6) is 0. The maximum atomic E-state index is 10.5. The first kappa shape index (κ1) is 8.37. The van der Waals surface area contributed by atoms with Crippen molar-refractivity contribution in [3.8, 4) is 0 Å². The second-order valence-corrected chi connectivity index (χ2v) is 3.59. The van der Waals surface area contributed by atoms with E-state index in [4.69, 9.17) is 0 Å². The first-order valence-corrected chi connectivity index (χ1v) is 4.46. The molecule has 0 bridgehead atoms. The number of hydrogen-bond donors (Lipinski definition) is 0. The van der Waals surface area contributed by atoms with E-state index >= 15 is 0 Å². The fourth-order valence-electron chi connectivity index (χ4n) is 1.30. The van der Waals surface area contributed by atoms with Crippen LogP contribution in [0, 0.1) is 10.1 Å². The van der Waals surface area contributed by atoms with Gasteiger partial charge in [-0.25, -0.2) is 0 Å². The van der Waals surface area contributed by atoms with Gasteiger partial charge in [0.05, 0.1) is 17.0 Å². The second kappa shape index (κ2) is 2.92. The van der Waals surface area contributed by atoms with Gasteiger partial charge in [0.2, 0.25) is 0 Å². The Bertz CT molecular complexity index is 404. The van der Waals surface area contributed by atoms with E-state index in [0.29, 0.717) is 10.9 Å². The molecule has 0 aromatic heterocycles. The van der Waals surface area contributed by atoms with Crippen molar-refractivity contribution in [1.82, 2.24) is 0 Å². The Morgan fingerprint density at radius 1 is 1.62 bits per heavy atom. The van der Waals surface area contributed by atoms with Crippen LogP contribution in [0.15, 0.2) is 38.6 Å². The summed E-state index contributed by atoms with van der Waals surface area (Å²) in [4.78, 5) is 14.2. The highest BCUT2D eigenvalue weighted by molar-refractivity contribution is 9.11. The van der Waals surface area contributed by atoms with Gasteiger partial charge in [-0.3, -0.25) is 15.1 Å². The summed E-state index contributed by atoms with van der Waals surface area (Å²) in [5, 5.41) is 10.5. The van der Waals surface area contributed by atoms with Gasteiger partial charge in [0.25, 0.3) is 5.70 Å². The van der Waals surface area contributed by atoms with E-state index < -0.39 is 0 Å². The average molecular weight is 241 g/mol. The summed E-state index contributed by atoms with van der Waals surface area (Å²) < 4.78 is 0.686. The third-order valence-corrected chi connectivity index (χ3v) is 2.51. The lowest BCUT2D eigenvalue weighted by atomic mass is 10.0. The number of allylic oxidation sites excluding steroid dienone is 5. The quantitative estimate of drug-likeness (QED) is 0.521. The molecule has 2 aliphatic rings. The predicted molar refractivity (Wildman–Crippen MR) is 52.2 cm³/mol.